The minimum atomic E-state index is -0.237. The molecule has 0 radical (unpaired) electrons. The van der Waals surface area contributed by atoms with Crippen LogP contribution < -0.4 is 20.1 Å². The number of hydrogen-bond acceptors (Lipinski definition) is 4. The molecule has 1 aromatic carbocycles. The first kappa shape index (κ1) is 18.9. The number of carbonyl (C=O) groups is 2. The Morgan fingerprint density at radius 2 is 2.04 bits per heavy atom. The summed E-state index contributed by atoms with van der Waals surface area (Å²) in [7, 11) is 3.20. The number of carbonyl (C=O) groups excluding carboxylic acids is 2. The molecule has 138 valence electrons. The van der Waals surface area contributed by atoms with Crippen molar-refractivity contribution in [3.8, 4) is 11.5 Å². The van der Waals surface area contributed by atoms with Crippen LogP contribution in [0.2, 0.25) is 0 Å². The van der Waals surface area contributed by atoms with Gasteiger partial charge in [-0.1, -0.05) is 0 Å². The van der Waals surface area contributed by atoms with E-state index < -0.39 is 0 Å². The van der Waals surface area contributed by atoms with Crippen molar-refractivity contribution in [2.24, 2.45) is 0 Å². The standard InChI is InChI=1S/C18H27N3O4/c1-12(16-10-15(24-3)7-8-17(16)25-4)19-18(23)21-9-5-6-14(11-21)20-13(2)22/h7-8,10,12,14H,5-6,9,11H2,1-4H3,(H,19,23)(H,20,22)/t12-,14-/m0/s1. The lowest BCUT2D eigenvalue weighted by Crippen LogP contribution is -2.52. The molecule has 25 heavy (non-hydrogen) atoms. The van der Waals surface area contributed by atoms with Crippen LogP contribution in [0.5, 0.6) is 11.5 Å². The Balaban J connectivity index is 2.03. The number of urea groups is 1. The maximum absolute atomic E-state index is 12.6. The smallest absolute Gasteiger partial charge is 0.317 e. The highest BCUT2D eigenvalue weighted by Gasteiger charge is 2.25. The van der Waals surface area contributed by atoms with Crippen LogP contribution >= 0.6 is 0 Å². The molecule has 3 amide bonds. The van der Waals surface area contributed by atoms with Crippen LogP contribution in [-0.2, 0) is 4.79 Å². The lowest BCUT2D eigenvalue weighted by atomic mass is 10.1. The number of hydrogen-bond donors (Lipinski definition) is 2. The van der Waals surface area contributed by atoms with E-state index in [9.17, 15) is 9.59 Å². The van der Waals surface area contributed by atoms with Crippen molar-refractivity contribution in [3.05, 3.63) is 23.8 Å². The van der Waals surface area contributed by atoms with Crippen LogP contribution in [0.4, 0.5) is 4.79 Å². The second-order valence-electron chi connectivity index (χ2n) is 6.26. The molecule has 2 atom stereocenters. The Labute approximate surface area is 148 Å². The molecule has 2 rings (SSSR count). The van der Waals surface area contributed by atoms with Gasteiger partial charge in [-0.3, -0.25) is 4.79 Å². The molecule has 1 aliphatic rings. The molecule has 0 aliphatic carbocycles. The molecule has 7 heteroatoms. The Hall–Kier alpha value is -2.44. The fraction of sp³-hybridized carbons (Fsp3) is 0.556. The highest BCUT2D eigenvalue weighted by molar-refractivity contribution is 5.76. The topological polar surface area (TPSA) is 79.9 Å². The van der Waals surface area contributed by atoms with Crippen molar-refractivity contribution in [2.45, 2.75) is 38.8 Å². The molecule has 2 N–H and O–H groups in total. The predicted molar refractivity (Wildman–Crippen MR) is 94.9 cm³/mol. The SMILES string of the molecule is COc1ccc(OC)c([C@H](C)NC(=O)N2CCC[C@H](NC(C)=O)C2)c1. The second-order valence-corrected chi connectivity index (χ2v) is 6.26. The molecular weight excluding hydrogens is 322 g/mol. The van der Waals surface area contributed by atoms with Gasteiger partial charge < -0.3 is 25.0 Å². The fourth-order valence-corrected chi connectivity index (χ4v) is 3.10. The minimum absolute atomic E-state index is 0.0126. The van der Waals surface area contributed by atoms with E-state index in [-0.39, 0.29) is 24.0 Å². The molecule has 1 aromatic rings. The first-order chi connectivity index (χ1) is 11.9. The molecule has 1 saturated heterocycles. The quantitative estimate of drug-likeness (QED) is 0.853. The molecule has 1 aliphatic heterocycles. The summed E-state index contributed by atoms with van der Waals surface area (Å²) in [6, 6.07) is 5.13. The molecule has 7 nitrogen and oxygen atoms in total. The monoisotopic (exact) mass is 349 g/mol. The molecule has 0 bridgehead atoms. The highest BCUT2D eigenvalue weighted by Crippen LogP contribution is 2.29. The third-order valence-electron chi connectivity index (χ3n) is 4.36. The Bertz CT molecular complexity index is 620. The summed E-state index contributed by atoms with van der Waals surface area (Å²) in [5.74, 6) is 1.34. The van der Waals surface area contributed by atoms with Gasteiger partial charge in [-0.25, -0.2) is 4.79 Å². The van der Waals surface area contributed by atoms with Gasteiger partial charge in [-0.2, -0.15) is 0 Å². The molecule has 0 spiro atoms. The molecule has 1 heterocycles. The Morgan fingerprint density at radius 3 is 2.68 bits per heavy atom. The third-order valence-corrected chi connectivity index (χ3v) is 4.36. The van der Waals surface area contributed by atoms with Crippen LogP contribution in [0.1, 0.15) is 38.3 Å². The zero-order valence-corrected chi connectivity index (χ0v) is 15.3. The Morgan fingerprint density at radius 1 is 1.28 bits per heavy atom. The van der Waals surface area contributed by atoms with Crippen LogP contribution in [0.25, 0.3) is 0 Å². The summed E-state index contributed by atoms with van der Waals surface area (Å²) in [6.07, 6.45) is 1.76. The fourth-order valence-electron chi connectivity index (χ4n) is 3.10. The number of methoxy groups -OCH3 is 2. The number of benzene rings is 1. The molecule has 0 aromatic heterocycles. The van der Waals surface area contributed by atoms with E-state index in [2.05, 4.69) is 10.6 Å². The lowest BCUT2D eigenvalue weighted by Gasteiger charge is -2.34. The summed E-state index contributed by atoms with van der Waals surface area (Å²) in [5.41, 5.74) is 0.852. The van der Waals surface area contributed by atoms with Crippen LogP contribution in [0.15, 0.2) is 18.2 Å². The van der Waals surface area contributed by atoms with E-state index in [1.165, 1.54) is 6.92 Å². The second kappa shape index (κ2) is 8.60. The average molecular weight is 349 g/mol. The summed E-state index contributed by atoms with van der Waals surface area (Å²) in [4.78, 5) is 25.6. The highest BCUT2D eigenvalue weighted by atomic mass is 16.5. The Kier molecular flexibility index (Phi) is 6.50. The number of nitrogens with zero attached hydrogens (tertiary/aromatic N) is 1. The van der Waals surface area contributed by atoms with Crippen molar-refractivity contribution in [1.82, 2.24) is 15.5 Å². The van der Waals surface area contributed by atoms with Gasteiger partial charge in [-0.15, -0.1) is 0 Å². The summed E-state index contributed by atoms with van der Waals surface area (Å²) in [6.45, 7) is 4.61. The number of amides is 3. The first-order valence-corrected chi connectivity index (χ1v) is 8.49. The van der Waals surface area contributed by atoms with Crippen molar-refractivity contribution < 1.29 is 19.1 Å². The first-order valence-electron chi connectivity index (χ1n) is 8.49. The molecule has 0 saturated carbocycles. The van der Waals surface area contributed by atoms with Gasteiger partial charge in [0.25, 0.3) is 0 Å². The number of likely N-dealkylation sites (tertiary alicyclic amines) is 1. The van der Waals surface area contributed by atoms with E-state index >= 15 is 0 Å². The maximum atomic E-state index is 12.6. The zero-order chi connectivity index (χ0) is 18.4. The van der Waals surface area contributed by atoms with Gasteiger partial charge in [0, 0.05) is 31.6 Å². The number of nitrogens with one attached hydrogen (secondary N) is 2. The van der Waals surface area contributed by atoms with Crippen LogP contribution in [0, 0.1) is 0 Å². The van der Waals surface area contributed by atoms with Crippen LogP contribution in [0.3, 0.4) is 0 Å². The van der Waals surface area contributed by atoms with E-state index in [4.69, 9.17) is 9.47 Å². The van der Waals surface area contributed by atoms with E-state index in [1.54, 1.807) is 19.1 Å². The third kappa shape index (κ3) is 5.01. The van der Waals surface area contributed by atoms with Gasteiger partial charge >= 0.3 is 6.03 Å². The molecule has 0 unspecified atom stereocenters. The number of ether oxygens (including phenoxy) is 2. The van der Waals surface area contributed by atoms with E-state index in [1.807, 2.05) is 25.1 Å². The minimum Gasteiger partial charge on any atom is -0.497 e. The largest absolute Gasteiger partial charge is 0.497 e. The normalized spacial score (nSPS) is 18.2. The van der Waals surface area contributed by atoms with Gasteiger partial charge in [-0.05, 0) is 38.0 Å². The molecule has 1 fully saturated rings. The number of piperidine rings is 1. The van der Waals surface area contributed by atoms with E-state index in [0.29, 0.717) is 24.6 Å². The van der Waals surface area contributed by atoms with Gasteiger partial charge in [0.1, 0.15) is 11.5 Å². The average Bonchev–Trinajstić information content (AvgIpc) is 2.60. The van der Waals surface area contributed by atoms with Crippen molar-refractivity contribution >= 4 is 11.9 Å². The number of rotatable bonds is 5. The van der Waals surface area contributed by atoms with E-state index in [0.717, 1.165) is 18.4 Å². The maximum Gasteiger partial charge on any atom is 0.317 e. The summed E-state index contributed by atoms with van der Waals surface area (Å²) >= 11 is 0. The predicted octanol–water partition coefficient (Wildman–Crippen LogP) is 2.07. The van der Waals surface area contributed by atoms with Crippen LogP contribution in [-0.4, -0.2) is 50.2 Å². The summed E-state index contributed by atoms with van der Waals surface area (Å²) in [5, 5.41) is 5.89. The van der Waals surface area contributed by atoms with Crippen molar-refractivity contribution in [3.63, 3.8) is 0 Å². The van der Waals surface area contributed by atoms with Gasteiger partial charge in [0.05, 0.1) is 20.3 Å². The molecular formula is C18H27N3O4. The van der Waals surface area contributed by atoms with Gasteiger partial charge in [0.2, 0.25) is 5.91 Å². The van der Waals surface area contributed by atoms with Crippen molar-refractivity contribution in [1.29, 1.82) is 0 Å². The summed E-state index contributed by atoms with van der Waals surface area (Å²) < 4.78 is 10.6. The van der Waals surface area contributed by atoms with Gasteiger partial charge in [0.15, 0.2) is 0 Å². The zero-order valence-electron chi connectivity index (χ0n) is 15.3. The van der Waals surface area contributed by atoms with Crippen molar-refractivity contribution in [2.75, 3.05) is 27.3 Å². The lowest BCUT2D eigenvalue weighted by molar-refractivity contribution is -0.119.